The average molecular weight is 675 g/mol. The molecule has 47 heavy (non-hydrogen) atoms. The Morgan fingerprint density at radius 1 is 0.957 bits per heavy atom. The molecule has 2 fully saturated rings. The number of ether oxygens (including phenoxy) is 1. The lowest BCUT2D eigenvalue weighted by Crippen LogP contribution is -2.40. The molecule has 0 aromatic heterocycles. The second-order valence-electron chi connectivity index (χ2n) is 13.0. The van der Waals surface area contributed by atoms with Crippen LogP contribution in [0.4, 0.5) is 9.59 Å². The molecule has 0 saturated carbocycles. The molecular weight excluding hydrogens is 624 g/mol. The minimum absolute atomic E-state index is 0.0130. The predicted molar refractivity (Wildman–Crippen MR) is 178 cm³/mol. The number of nitrogens with zero attached hydrogens (tertiary/aromatic N) is 1. The van der Waals surface area contributed by atoms with Crippen LogP contribution < -0.4 is 26.6 Å². The zero-order valence-corrected chi connectivity index (χ0v) is 28.2. The quantitative estimate of drug-likeness (QED) is 0.0678. The fourth-order valence-corrected chi connectivity index (χ4v) is 7.91. The first-order valence-electron chi connectivity index (χ1n) is 17.0. The highest BCUT2D eigenvalue weighted by Gasteiger charge is 2.42. The molecule has 5 N–H and O–H groups in total. The molecule has 5 unspecified atom stereocenters. The van der Waals surface area contributed by atoms with Crippen LogP contribution in [-0.4, -0.2) is 96.0 Å². The number of amides is 7. The Labute approximate surface area is 281 Å². The highest BCUT2D eigenvalue weighted by atomic mass is 32.2. The first kappa shape index (κ1) is 36.3. The Morgan fingerprint density at radius 3 is 2.53 bits per heavy atom. The van der Waals surface area contributed by atoms with E-state index in [0.29, 0.717) is 76.4 Å². The first-order valence-corrected chi connectivity index (χ1v) is 18.1. The summed E-state index contributed by atoms with van der Waals surface area (Å²) in [7, 11) is 0. The van der Waals surface area contributed by atoms with Gasteiger partial charge in [-0.15, -0.1) is 0 Å². The third-order valence-corrected chi connectivity index (χ3v) is 10.7. The second kappa shape index (κ2) is 18.1. The van der Waals surface area contributed by atoms with E-state index in [1.807, 2.05) is 30.8 Å². The minimum Gasteiger partial charge on any atom is -0.442 e. The summed E-state index contributed by atoms with van der Waals surface area (Å²) in [5.41, 5.74) is -0.553. The van der Waals surface area contributed by atoms with Crippen LogP contribution in [0.15, 0.2) is 24.3 Å². The molecule has 4 aliphatic rings. The number of imide groups is 1. The van der Waals surface area contributed by atoms with E-state index in [4.69, 9.17) is 4.74 Å². The Bertz CT molecular complexity index is 1190. The maximum absolute atomic E-state index is 13.0. The molecule has 14 heteroatoms. The first-order chi connectivity index (χ1) is 22.6. The lowest BCUT2D eigenvalue weighted by molar-refractivity contribution is -0.137. The van der Waals surface area contributed by atoms with Gasteiger partial charge in [0, 0.05) is 61.2 Å². The largest absolute Gasteiger partial charge is 0.442 e. The molecule has 0 bridgehead atoms. The van der Waals surface area contributed by atoms with Crippen molar-refractivity contribution in [1.82, 2.24) is 31.5 Å². The van der Waals surface area contributed by atoms with Gasteiger partial charge in [0.05, 0.1) is 12.1 Å². The number of carbonyl (C=O) groups is 6. The van der Waals surface area contributed by atoms with E-state index in [0.717, 1.165) is 37.9 Å². The van der Waals surface area contributed by atoms with Crippen LogP contribution in [0.2, 0.25) is 0 Å². The summed E-state index contributed by atoms with van der Waals surface area (Å²) in [5, 5.41) is 15.1. The van der Waals surface area contributed by atoms with Gasteiger partial charge in [-0.2, -0.15) is 11.8 Å². The summed E-state index contributed by atoms with van der Waals surface area (Å²) in [6.07, 6.45) is 14.1. The van der Waals surface area contributed by atoms with Crippen molar-refractivity contribution in [3.8, 4) is 0 Å². The van der Waals surface area contributed by atoms with Crippen LogP contribution >= 0.6 is 11.8 Å². The molecule has 3 heterocycles. The van der Waals surface area contributed by atoms with Gasteiger partial charge in [0.1, 0.15) is 6.10 Å². The van der Waals surface area contributed by atoms with Crippen molar-refractivity contribution in [3.05, 3.63) is 24.3 Å². The summed E-state index contributed by atoms with van der Waals surface area (Å²) in [6, 6.07) is 0.347. The van der Waals surface area contributed by atoms with Crippen LogP contribution in [0.5, 0.6) is 0 Å². The number of carbonyl (C=O) groups excluding carboxylic acids is 6. The van der Waals surface area contributed by atoms with Crippen molar-refractivity contribution in [3.63, 3.8) is 0 Å². The van der Waals surface area contributed by atoms with Crippen LogP contribution in [0.1, 0.15) is 84.0 Å². The highest BCUT2D eigenvalue weighted by Crippen LogP contribution is 2.33. The Kier molecular flexibility index (Phi) is 14.0. The molecule has 7 amide bonds. The summed E-state index contributed by atoms with van der Waals surface area (Å²) < 4.78 is 5.56. The van der Waals surface area contributed by atoms with Gasteiger partial charge in [-0.3, -0.25) is 24.1 Å². The fraction of sp³-hybridized carbons (Fsp3) is 0.697. The predicted octanol–water partition coefficient (Wildman–Crippen LogP) is 2.66. The van der Waals surface area contributed by atoms with Gasteiger partial charge < -0.3 is 31.3 Å². The van der Waals surface area contributed by atoms with Crippen LogP contribution in [-0.2, 0) is 23.9 Å². The van der Waals surface area contributed by atoms with Crippen molar-refractivity contribution in [2.45, 2.75) is 107 Å². The topological polar surface area (TPSA) is 175 Å². The lowest BCUT2D eigenvalue weighted by atomic mass is 9.79. The van der Waals surface area contributed by atoms with Gasteiger partial charge in [-0.1, -0.05) is 19.4 Å². The third kappa shape index (κ3) is 11.3. The number of alkyl carbamates (subject to hydrolysis) is 1. The fourth-order valence-electron chi connectivity index (χ4n) is 6.36. The van der Waals surface area contributed by atoms with Gasteiger partial charge >= 0.3 is 12.1 Å². The molecule has 260 valence electrons. The maximum Gasteiger partial charge on any atom is 0.407 e. The number of thioether (sulfide) groups is 1. The second-order valence-corrected chi connectivity index (χ2v) is 14.3. The van der Waals surface area contributed by atoms with Gasteiger partial charge in [0.2, 0.25) is 11.8 Å². The van der Waals surface area contributed by atoms with E-state index < -0.39 is 11.5 Å². The smallest absolute Gasteiger partial charge is 0.407 e. The Balaban J connectivity index is 1.00. The van der Waals surface area contributed by atoms with Gasteiger partial charge in [-0.25, -0.2) is 9.59 Å². The summed E-state index contributed by atoms with van der Waals surface area (Å²) in [4.78, 5) is 73.4. The molecule has 3 aliphatic heterocycles. The molecule has 0 aromatic rings. The van der Waals surface area contributed by atoms with Gasteiger partial charge in [0.15, 0.2) is 0 Å². The number of fused-ring (bicyclic) bond motifs is 1. The maximum atomic E-state index is 13.0. The van der Waals surface area contributed by atoms with Gasteiger partial charge in [-0.05, 0) is 70.3 Å². The molecule has 0 radical (unpaired) electrons. The molecule has 4 rings (SSSR count). The van der Waals surface area contributed by atoms with Crippen molar-refractivity contribution in [2.75, 3.05) is 31.9 Å². The Hall–Kier alpha value is -3.55. The summed E-state index contributed by atoms with van der Waals surface area (Å²) in [6.45, 7) is 3.77. The van der Waals surface area contributed by atoms with Gasteiger partial charge in [0.25, 0.3) is 11.8 Å². The molecule has 1 aliphatic carbocycles. The number of unbranched alkanes of at least 4 members (excludes halogenated alkanes) is 3. The molecule has 5 atom stereocenters. The van der Waals surface area contributed by atoms with E-state index in [2.05, 4.69) is 26.6 Å². The van der Waals surface area contributed by atoms with E-state index in [-0.39, 0.29) is 47.8 Å². The molecular formula is C33H50N6O7S. The standard InChI is InChI=1S/C33H50N6O7S/c1-33(30(43)35-20-9-19-34-26(40)13-4-3-12-25-29-24(22-47-25)37-31(44)38-29)16-7-10-23(11-8-17-33)46-32(45)36-18-5-2-6-21-39-27(41)14-15-28(39)42/h7,10,14-15,23-25,29H,2-6,8-9,11-13,16-22H2,1H3,(H,34,40)(H,35,43)(H,36,45)(H2,37,38,44)/b10-7+. The zero-order valence-electron chi connectivity index (χ0n) is 27.4. The van der Waals surface area contributed by atoms with E-state index >= 15 is 0 Å². The third-order valence-electron chi connectivity index (χ3n) is 9.21. The highest BCUT2D eigenvalue weighted by molar-refractivity contribution is 8.00. The summed E-state index contributed by atoms with van der Waals surface area (Å²) >= 11 is 1.89. The van der Waals surface area contributed by atoms with Crippen molar-refractivity contribution >= 4 is 47.5 Å². The number of allylic oxidation sites excluding steroid dienone is 1. The normalized spacial score (nSPS) is 27.3. The Morgan fingerprint density at radius 2 is 1.72 bits per heavy atom. The minimum atomic E-state index is -0.553. The molecule has 2 saturated heterocycles. The molecule has 13 nitrogen and oxygen atoms in total. The number of nitrogens with one attached hydrogen (secondary N) is 5. The zero-order chi connectivity index (χ0) is 33.6. The van der Waals surface area contributed by atoms with Crippen LogP contribution in [0.3, 0.4) is 0 Å². The molecule has 0 aromatic carbocycles. The van der Waals surface area contributed by atoms with Crippen LogP contribution in [0.25, 0.3) is 0 Å². The van der Waals surface area contributed by atoms with Crippen LogP contribution in [0, 0.1) is 5.41 Å². The number of hydrogen-bond acceptors (Lipinski definition) is 8. The average Bonchev–Trinajstić information content (AvgIpc) is 3.69. The van der Waals surface area contributed by atoms with Crippen molar-refractivity contribution in [1.29, 1.82) is 0 Å². The van der Waals surface area contributed by atoms with Crippen molar-refractivity contribution < 1.29 is 33.5 Å². The number of urea groups is 1. The monoisotopic (exact) mass is 674 g/mol. The van der Waals surface area contributed by atoms with E-state index in [1.54, 1.807) is 0 Å². The van der Waals surface area contributed by atoms with E-state index in [9.17, 15) is 28.8 Å². The van der Waals surface area contributed by atoms with E-state index in [1.165, 1.54) is 17.1 Å². The van der Waals surface area contributed by atoms with Crippen molar-refractivity contribution in [2.24, 2.45) is 5.41 Å². The molecule has 0 spiro atoms. The lowest BCUT2D eigenvalue weighted by Gasteiger charge is -2.29. The number of rotatable bonds is 17. The summed E-state index contributed by atoms with van der Waals surface area (Å²) in [5.74, 6) is 0.393. The number of hydrogen-bond donors (Lipinski definition) is 5. The SMILES string of the molecule is CC1(C(=O)NCCCNC(=O)CCCCC2SCC3NC(=O)NC32)C/C=C/C(OC(=O)NCCCCCN2C(=O)C=CC2=O)CCC1.